The predicted octanol–water partition coefficient (Wildman–Crippen LogP) is -3.15. The molecule has 0 aromatic rings. The molecule has 0 bridgehead atoms. The molecule has 0 amide bonds. The molecular formula is C12H24N4O9. The molecule has 0 rings (SSSR count). The highest BCUT2D eigenvalue weighted by atomic mass is 16.5. The second-order valence-corrected chi connectivity index (χ2v) is 4.69. The van der Waals surface area contributed by atoms with Gasteiger partial charge in [-0.3, -0.25) is 29.0 Å². The van der Waals surface area contributed by atoms with Crippen LogP contribution in [0.4, 0.5) is 0 Å². The molecule has 0 aromatic carbocycles. The van der Waals surface area contributed by atoms with E-state index in [2.05, 4.69) is 0 Å². The Morgan fingerprint density at radius 2 is 1.00 bits per heavy atom. The van der Waals surface area contributed by atoms with Gasteiger partial charge in [0.25, 0.3) is 0 Å². The van der Waals surface area contributed by atoms with Gasteiger partial charge in [-0.2, -0.15) is 0 Å². The van der Waals surface area contributed by atoms with E-state index >= 15 is 0 Å². The topological polar surface area (TPSA) is 214 Å². The van der Waals surface area contributed by atoms with E-state index in [9.17, 15) is 19.2 Å². The molecule has 0 heterocycles. The van der Waals surface area contributed by atoms with Crippen LogP contribution in [0.3, 0.4) is 0 Å². The first-order valence-corrected chi connectivity index (χ1v) is 7.01. The zero-order valence-corrected chi connectivity index (χ0v) is 13.5. The number of hydrogen-bond donors (Lipinski definition) is 7. The third-order valence-electron chi connectivity index (χ3n) is 2.42. The van der Waals surface area contributed by atoms with Crippen LogP contribution in [0.25, 0.3) is 0 Å². The van der Waals surface area contributed by atoms with Gasteiger partial charge in [-0.05, 0) is 0 Å². The van der Waals surface area contributed by atoms with Crippen LogP contribution in [-0.2, 0) is 19.2 Å². The van der Waals surface area contributed by atoms with Crippen molar-refractivity contribution in [3.63, 3.8) is 0 Å². The van der Waals surface area contributed by atoms with E-state index in [-0.39, 0.29) is 13.1 Å². The van der Waals surface area contributed by atoms with Crippen molar-refractivity contribution in [2.45, 2.75) is 0 Å². The number of hydroxylamine groups is 1. The Hall–Kier alpha value is -2.32. The Bertz CT molecular complexity index is 363. The van der Waals surface area contributed by atoms with Crippen molar-refractivity contribution >= 4 is 23.9 Å². The lowest BCUT2D eigenvalue weighted by atomic mass is 10.4. The first-order valence-electron chi connectivity index (χ1n) is 7.01. The lowest BCUT2D eigenvalue weighted by Crippen LogP contribution is -2.43. The molecule has 0 aliphatic rings. The summed E-state index contributed by atoms with van der Waals surface area (Å²) in [6.45, 7) is -1.30. The highest BCUT2D eigenvalue weighted by Crippen LogP contribution is 1.94. The predicted molar refractivity (Wildman–Crippen MR) is 82.3 cm³/mol. The molecule has 0 atom stereocenters. The van der Waals surface area contributed by atoms with Crippen LogP contribution in [0, 0.1) is 0 Å². The van der Waals surface area contributed by atoms with Gasteiger partial charge < -0.3 is 31.4 Å². The van der Waals surface area contributed by atoms with Gasteiger partial charge in [0.2, 0.25) is 0 Å². The third-order valence-corrected chi connectivity index (χ3v) is 2.42. The van der Waals surface area contributed by atoms with Gasteiger partial charge in [-0.25, -0.2) is 5.48 Å². The van der Waals surface area contributed by atoms with Crippen LogP contribution in [-0.4, -0.2) is 112 Å². The van der Waals surface area contributed by atoms with Crippen molar-refractivity contribution in [2.24, 2.45) is 5.73 Å². The van der Waals surface area contributed by atoms with Crippen molar-refractivity contribution in [2.75, 3.05) is 52.4 Å². The van der Waals surface area contributed by atoms with Crippen molar-refractivity contribution in [1.29, 1.82) is 0 Å². The number of carbonyl (C=O) groups is 4. The molecule has 0 unspecified atom stereocenters. The van der Waals surface area contributed by atoms with Crippen LogP contribution in [0.2, 0.25) is 0 Å². The maximum atomic E-state index is 10.6. The molecule has 13 heteroatoms. The van der Waals surface area contributed by atoms with E-state index in [1.54, 1.807) is 0 Å². The highest BCUT2D eigenvalue weighted by Gasteiger charge is 2.17. The summed E-state index contributed by atoms with van der Waals surface area (Å²) in [6, 6.07) is 0. The lowest BCUT2D eigenvalue weighted by molar-refractivity contribution is -0.145. The second-order valence-electron chi connectivity index (χ2n) is 4.69. The number of nitrogens with zero attached hydrogens (tertiary/aromatic N) is 2. The number of rotatable bonds is 13. The summed E-state index contributed by atoms with van der Waals surface area (Å²) in [5.41, 5.74) is 6.81. The molecule has 0 saturated carbocycles. The van der Waals surface area contributed by atoms with Gasteiger partial charge in [-0.15, -0.1) is 0 Å². The molecule has 0 saturated heterocycles. The van der Waals surface area contributed by atoms with Gasteiger partial charge in [0.15, 0.2) is 0 Å². The van der Waals surface area contributed by atoms with Gasteiger partial charge in [0.1, 0.15) is 0 Å². The van der Waals surface area contributed by atoms with E-state index in [0.717, 1.165) is 9.80 Å². The van der Waals surface area contributed by atoms with Gasteiger partial charge in [-0.1, -0.05) is 0 Å². The number of carboxylic acids is 4. The van der Waals surface area contributed by atoms with Crippen LogP contribution in [0.5, 0.6) is 0 Å². The lowest BCUT2D eigenvalue weighted by Gasteiger charge is -2.23. The molecule has 0 aliphatic heterocycles. The summed E-state index contributed by atoms with van der Waals surface area (Å²) in [5.74, 6) is -4.91. The summed E-state index contributed by atoms with van der Waals surface area (Å²) in [4.78, 5) is 44.4. The van der Waals surface area contributed by atoms with Crippen molar-refractivity contribution in [3.05, 3.63) is 0 Å². The first kappa shape index (κ1) is 24.9. The van der Waals surface area contributed by atoms with Gasteiger partial charge >= 0.3 is 23.9 Å². The summed E-state index contributed by atoms with van der Waals surface area (Å²) in [6.07, 6.45) is 0. The minimum absolute atomic E-state index is 0.0703. The Labute approximate surface area is 143 Å². The fraction of sp³-hybridized carbons (Fsp3) is 0.667. The van der Waals surface area contributed by atoms with E-state index in [1.165, 1.54) is 0 Å². The van der Waals surface area contributed by atoms with E-state index in [1.807, 2.05) is 5.48 Å². The fourth-order valence-corrected chi connectivity index (χ4v) is 1.54. The van der Waals surface area contributed by atoms with E-state index in [4.69, 9.17) is 31.4 Å². The second kappa shape index (κ2) is 15.2. The monoisotopic (exact) mass is 368 g/mol. The molecule has 146 valence electrons. The van der Waals surface area contributed by atoms with Gasteiger partial charge in [0, 0.05) is 26.2 Å². The number of carboxylic acid groups (broad SMARTS) is 4. The van der Waals surface area contributed by atoms with Crippen LogP contribution < -0.4 is 11.2 Å². The Balaban J connectivity index is 0. The minimum Gasteiger partial charge on any atom is -0.480 e. The smallest absolute Gasteiger partial charge is 0.317 e. The maximum absolute atomic E-state index is 10.6. The SMILES string of the molecule is NCCNO.O=C(O)CN(CCN(CC(=O)O)CC(=O)O)CC(=O)O. The number of nitrogens with two attached hydrogens (primary N) is 1. The fourth-order valence-electron chi connectivity index (χ4n) is 1.54. The Morgan fingerprint density at radius 3 is 1.12 bits per heavy atom. The van der Waals surface area contributed by atoms with E-state index in [0.29, 0.717) is 13.1 Å². The maximum Gasteiger partial charge on any atom is 0.317 e. The number of hydrogen-bond acceptors (Lipinski definition) is 9. The normalized spacial score (nSPS) is 10.2. The molecule has 0 aromatic heterocycles. The molecule has 0 radical (unpaired) electrons. The van der Waals surface area contributed by atoms with Gasteiger partial charge in [0.05, 0.1) is 26.2 Å². The van der Waals surface area contributed by atoms with E-state index < -0.39 is 50.1 Å². The first-order chi connectivity index (χ1) is 11.6. The van der Waals surface area contributed by atoms with Crippen LogP contribution >= 0.6 is 0 Å². The molecule has 25 heavy (non-hydrogen) atoms. The largest absolute Gasteiger partial charge is 0.480 e. The quantitative estimate of drug-likeness (QED) is 0.160. The minimum atomic E-state index is -1.23. The Morgan fingerprint density at radius 1 is 0.720 bits per heavy atom. The zero-order chi connectivity index (χ0) is 19.8. The molecule has 13 nitrogen and oxygen atoms in total. The average molecular weight is 368 g/mol. The molecule has 8 N–H and O–H groups in total. The zero-order valence-electron chi connectivity index (χ0n) is 13.5. The molecule has 0 spiro atoms. The summed E-state index contributed by atoms with van der Waals surface area (Å²) in [5, 5.41) is 42.2. The highest BCUT2D eigenvalue weighted by molar-refractivity contribution is 5.73. The van der Waals surface area contributed by atoms with Crippen LogP contribution in [0.1, 0.15) is 0 Å². The van der Waals surface area contributed by atoms with Crippen molar-refractivity contribution < 1.29 is 44.8 Å². The Kier molecular flexibility index (Phi) is 15.2. The summed E-state index contributed by atoms with van der Waals surface area (Å²) >= 11 is 0. The summed E-state index contributed by atoms with van der Waals surface area (Å²) in [7, 11) is 0. The molecule has 0 fully saturated rings. The number of aliphatic carboxylic acids is 4. The number of nitrogens with one attached hydrogen (secondary N) is 1. The van der Waals surface area contributed by atoms with Crippen molar-refractivity contribution in [3.8, 4) is 0 Å². The van der Waals surface area contributed by atoms with Crippen LogP contribution in [0.15, 0.2) is 0 Å². The summed E-state index contributed by atoms with van der Waals surface area (Å²) < 4.78 is 0. The van der Waals surface area contributed by atoms with Crippen molar-refractivity contribution in [1.82, 2.24) is 15.3 Å². The molecular weight excluding hydrogens is 344 g/mol. The average Bonchev–Trinajstić information content (AvgIpc) is 2.43. The molecule has 0 aliphatic carbocycles. The standard InChI is InChI=1S/C10H16N2O8.C2H8N2O/c13-7(14)3-11(4-8(15)16)1-2-12(5-9(17)18)6-10(19)20;3-1-2-4-5/h1-6H2,(H,13,14)(H,15,16)(H,17,18)(H,19,20);4-5H,1-3H2. The third kappa shape index (κ3) is 19.6.